The van der Waals surface area contributed by atoms with Gasteiger partial charge in [-0.1, -0.05) is 0 Å². The molecule has 21 heavy (non-hydrogen) atoms. The quantitative estimate of drug-likeness (QED) is 0.859. The summed E-state index contributed by atoms with van der Waals surface area (Å²) in [6.45, 7) is 3.82. The first kappa shape index (κ1) is 15.4. The number of ether oxygens (including phenoxy) is 1. The lowest BCUT2D eigenvalue weighted by molar-refractivity contribution is 0.0693. The van der Waals surface area contributed by atoms with Gasteiger partial charge in [-0.2, -0.15) is 0 Å². The summed E-state index contributed by atoms with van der Waals surface area (Å²) in [5.74, 6) is -0.562. The zero-order valence-electron chi connectivity index (χ0n) is 12.0. The Kier molecular flexibility index (Phi) is 5.21. The minimum Gasteiger partial charge on any atom is -0.478 e. The second-order valence-corrected chi connectivity index (χ2v) is 4.90. The number of furan rings is 1. The van der Waals surface area contributed by atoms with Gasteiger partial charge in [-0.15, -0.1) is 0 Å². The van der Waals surface area contributed by atoms with Crippen molar-refractivity contribution < 1.29 is 23.8 Å². The van der Waals surface area contributed by atoms with Crippen LogP contribution in [0.2, 0.25) is 0 Å². The molecule has 1 aromatic heterocycles. The molecule has 0 spiro atoms. The number of hydrogen-bond acceptors (Lipinski definition) is 5. The SMILES string of the molecule is CCOC(=O)N1CCC(NCc2occc2C(=O)O)CC1. The molecule has 1 saturated heterocycles. The third-order valence-electron chi connectivity index (χ3n) is 3.55. The van der Waals surface area contributed by atoms with Crippen molar-refractivity contribution in [2.45, 2.75) is 32.4 Å². The smallest absolute Gasteiger partial charge is 0.409 e. The third kappa shape index (κ3) is 3.98. The Bertz CT molecular complexity index is 491. The van der Waals surface area contributed by atoms with Crippen LogP contribution in [0.5, 0.6) is 0 Å². The summed E-state index contributed by atoms with van der Waals surface area (Å²) in [7, 11) is 0. The van der Waals surface area contributed by atoms with Gasteiger partial charge in [0.2, 0.25) is 0 Å². The number of carboxylic acids is 1. The van der Waals surface area contributed by atoms with Crippen molar-refractivity contribution in [1.29, 1.82) is 0 Å². The minimum absolute atomic E-state index is 0.187. The molecule has 2 N–H and O–H groups in total. The molecule has 116 valence electrons. The molecule has 0 bridgehead atoms. The Morgan fingerprint density at radius 2 is 2.19 bits per heavy atom. The van der Waals surface area contributed by atoms with Crippen molar-refractivity contribution >= 4 is 12.1 Å². The van der Waals surface area contributed by atoms with Gasteiger partial charge in [-0.05, 0) is 25.8 Å². The van der Waals surface area contributed by atoms with E-state index in [1.165, 1.54) is 12.3 Å². The predicted molar refractivity (Wildman–Crippen MR) is 74.1 cm³/mol. The van der Waals surface area contributed by atoms with Gasteiger partial charge in [0, 0.05) is 19.1 Å². The van der Waals surface area contributed by atoms with Crippen LogP contribution in [-0.4, -0.2) is 47.8 Å². The molecule has 1 aliphatic rings. The topological polar surface area (TPSA) is 92.0 Å². The van der Waals surface area contributed by atoms with Crippen LogP contribution >= 0.6 is 0 Å². The molecule has 2 heterocycles. The molecule has 1 aromatic rings. The second kappa shape index (κ2) is 7.12. The number of nitrogens with one attached hydrogen (secondary N) is 1. The number of carbonyl (C=O) groups is 2. The van der Waals surface area contributed by atoms with Gasteiger partial charge in [0.05, 0.1) is 19.4 Å². The second-order valence-electron chi connectivity index (χ2n) is 4.90. The standard InChI is InChI=1S/C14H20N2O5/c1-2-20-14(19)16-6-3-10(4-7-16)15-9-12-11(13(17)18)5-8-21-12/h5,8,10,15H,2-4,6-7,9H2,1H3,(H,17,18). The Labute approximate surface area is 122 Å². The normalized spacial score (nSPS) is 16.0. The molecule has 0 radical (unpaired) electrons. The van der Waals surface area contributed by atoms with Crippen LogP contribution in [0.4, 0.5) is 4.79 Å². The Hall–Kier alpha value is -2.02. The van der Waals surface area contributed by atoms with E-state index in [4.69, 9.17) is 14.3 Å². The highest BCUT2D eigenvalue weighted by atomic mass is 16.6. The van der Waals surface area contributed by atoms with Gasteiger partial charge in [-0.3, -0.25) is 0 Å². The number of amides is 1. The summed E-state index contributed by atoms with van der Waals surface area (Å²) in [5.41, 5.74) is 0.187. The maximum absolute atomic E-state index is 11.6. The number of likely N-dealkylation sites (tertiary alicyclic amines) is 1. The fourth-order valence-electron chi connectivity index (χ4n) is 2.39. The van der Waals surface area contributed by atoms with E-state index in [1.54, 1.807) is 11.8 Å². The minimum atomic E-state index is -0.988. The van der Waals surface area contributed by atoms with E-state index in [-0.39, 0.29) is 17.7 Å². The van der Waals surface area contributed by atoms with E-state index in [0.29, 0.717) is 32.0 Å². The van der Waals surface area contributed by atoms with E-state index >= 15 is 0 Å². The number of hydrogen-bond donors (Lipinski definition) is 2. The van der Waals surface area contributed by atoms with Crippen LogP contribution in [0.3, 0.4) is 0 Å². The van der Waals surface area contributed by atoms with Gasteiger partial charge in [0.15, 0.2) is 0 Å². The summed E-state index contributed by atoms with van der Waals surface area (Å²) in [5, 5.41) is 12.3. The molecule has 0 aliphatic carbocycles. The summed E-state index contributed by atoms with van der Waals surface area (Å²) >= 11 is 0. The molecule has 1 fully saturated rings. The summed E-state index contributed by atoms with van der Waals surface area (Å²) < 4.78 is 10.1. The highest BCUT2D eigenvalue weighted by Gasteiger charge is 2.24. The van der Waals surface area contributed by atoms with E-state index in [1.807, 2.05) is 0 Å². The first-order chi connectivity index (χ1) is 10.1. The van der Waals surface area contributed by atoms with Gasteiger partial charge in [0.25, 0.3) is 0 Å². The van der Waals surface area contributed by atoms with E-state index in [2.05, 4.69) is 5.32 Å². The van der Waals surface area contributed by atoms with Crippen LogP contribution in [0, 0.1) is 0 Å². The molecule has 1 amide bonds. The van der Waals surface area contributed by atoms with Gasteiger partial charge in [-0.25, -0.2) is 9.59 Å². The maximum Gasteiger partial charge on any atom is 0.409 e. The molecule has 0 atom stereocenters. The van der Waals surface area contributed by atoms with Crippen LogP contribution in [0.15, 0.2) is 16.7 Å². The van der Waals surface area contributed by atoms with Gasteiger partial charge >= 0.3 is 12.1 Å². The number of aromatic carboxylic acids is 1. The molecule has 0 aromatic carbocycles. The fourth-order valence-corrected chi connectivity index (χ4v) is 2.39. The van der Waals surface area contributed by atoms with Crippen LogP contribution < -0.4 is 5.32 Å². The van der Waals surface area contributed by atoms with Crippen molar-refractivity contribution in [3.63, 3.8) is 0 Å². The molecular weight excluding hydrogens is 276 g/mol. The summed E-state index contributed by atoms with van der Waals surface area (Å²) in [4.78, 5) is 24.2. The monoisotopic (exact) mass is 296 g/mol. The maximum atomic E-state index is 11.6. The zero-order chi connectivity index (χ0) is 15.2. The molecule has 0 unspecified atom stereocenters. The van der Waals surface area contributed by atoms with Crippen molar-refractivity contribution in [2.75, 3.05) is 19.7 Å². The summed E-state index contributed by atoms with van der Waals surface area (Å²) in [6, 6.07) is 1.69. The first-order valence-corrected chi connectivity index (χ1v) is 7.06. The fraction of sp³-hybridized carbons (Fsp3) is 0.571. The number of rotatable bonds is 5. The highest BCUT2D eigenvalue weighted by Crippen LogP contribution is 2.14. The van der Waals surface area contributed by atoms with Crippen molar-refractivity contribution in [3.05, 3.63) is 23.7 Å². The van der Waals surface area contributed by atoms with E-state index in [0.717, 1.165) is 12.8 Å². The average Bonchev–Trinajstić information content (AvgIpc) is 2.94. The average molecular weight is 296 g/mol. The van der Waals surface area contributed by atoms with Gasteiger partial charge in [0.1, 0.15) is 11.3 Å². The van der Waals surface area contributed by atoms with Crippen molar-refractivity contribution in [3.8, 4) is 0 Å². The highest BCUT2D eigenvalue weighted by molar-refractivity contribution is 5.88. The lowest BCUT2D eigenvalue weighted by Crippen LogP contribution is -2.45. The van der Waals surface area contributed by atoms with Crippen molar-refractivity contribution in [1.82, 2.24) is 10.2 Å². The lowest BCUT2D eigenvalue weighted by Gasteiger charge is -2.31. The molecule has 2 rings (SSSR count). The summed E-state index contributed by atoms with van der Waals surface area (Å²) in [6.07, 6.45) is 2.73. The van der Waals surface area contributed by atoms with E-state index in [9.17, 15) is 9.59 Å². The molecule has 0 saturated carbocycles. The first-order valence-electron chi connectivity index (χ1n) is 7.06. The Morgan fingerprint density at radius 3 is 2.81 bits per heavy atom. The van der Waals surface area contributed by atoms with Crippen molar-refractivity contribution in [2.24, 2.45) is 0 Å². The van der Waals surface area contributed by atoms with Crippen LogP contribution in [0.1, 0.15) is 35.9 Å². The Morgan fingerprint density at radius 1 is 1.48 bits per heavy atom. The molecule has 7 heteroatoms. The number of carbonyl (C=O) groups excluding carboxylic acids is 1. The third-order valence-corrected chi connectivity index (χ3v) is 3.55. The Balaban J connectivity index is 1.77. The lowest BCUT2D eigenvalue weighted by atomic mass is 10.1. The van der Waals surface area contributed by atoms with E-state index < -0.39 is 5.97 Å². The number of carboxylic acid groups (broad SMARTS) is 1. The van der Waals surface area contributed by atoms with Crippen LogP contribution in [0.25, 0.3) is 0 Å². The number of piperidine rings is 1. The van der Waals surface area contributed by atoms with Crippen LogP contribution in [-0.2, 0) is 11.3 Å². The molecular formula is C14H20N2O5. The largest absolute Gasteiger partial charge is 0.478 e. The molecule has 1 aliphatic heterocycles. The zero-order valence-corrected chi connectivity index (χ0v) is 12.0. The van der Waals surface area contributed by atoms with Gasteiger partial charge < -0.3 is 24.5 Å². The molecule has 7 nitrogen and oxygen atoms in total. The number of nitrogens with zero attached hydrogens (tertiary/aromatic N) is 1. The predicted octanol–water partition coefficient (Wildman–Crippen LogP) is 1.69.